The normalized spacial score (nSPS) is 32.9. The number of amides is 1. The molecule has 0 aromatic heterocycles. The quantitative estimate of drug-likeness (QED) is 0.801. The number of nitrogens with zero attached hydrogens (tertiary/aromatic N) is 1. The Morgan fingerprint density at radius 3 is 2.88 bits per heavy atom. The highest BCUT2D eigenvalue weighted by Crippen LogP contribution is 2.27. The summed E-state index contributed by atoms with van der Waals surface area (Å²) in [5.74, 6) is 0.172. The van der Waals surface area contributed by atoms with Crippen LogP contribution in [-0.2, 0) is 9.53 Å². The van der Waals surface area contributed by atoms with Crippen LogP contribution in [0.4, 0.5) is 0 Å². The third-order valence-electron chi connectivity index (χ3n) is 3.94. The summed E-state index contributed by atoms with van der Waals surface area (Å²) in [5.41, 5.74) is -0.561. The molecule has 0 bridgehead atoms. The van der Waals surface area contributed by atoms with E-state index in [1.807, 2.05) is 18.7 Å². The highest BCUT2D eigenvalue weighted by molar-refractivity contribution is 5.85. The second kappa shape index (κ2) is 5.36. The predicted molar refractivity (Wildman–Crippen MR) is 66.9 cm³/mol. The Bertz CT molecular complexity index is 269. The van der Waals surface area contributed by atoms with Crippen molar-refractivity contribution in [1.29, 1.82) is 0 Å². The van der Waals surface area contributed by atoms with Gasteiger partial charge in [0, 0.05) is 25.7 Å². The molecule has 2 aliphatic rings. The van der Waals surface area contributed by atoms with E-state index in [1.54, 1.807) is 0 Å². The average molecular weight is 240 g/mol. The van der Waals surface area contributed by atoms with E-state index in [1.165, 1.54) is 12.8 Å². The SMILES string of the molecule is CCN(CC1CCCN1)C(=O)C1(C)CCCO1. The molecule has 2 saturated heterocycles. The van der Waals surface area contributed by atoms with Gasteiger partial charge in [0.15, 0.2) is 0 Å². The molecule has 0 aromatic carbocycles. The molecule has 1 N–H and O–H groups in total. The van der Waals surface area contributed by atoms with Gasteiger partial charge in [0.25, 0.3) is 5.91 Å². The van der Waals surface area contributed by atoms with Crippen molar-refractivity contribution in [2.45, 2.75) is 51.2 Å². The maximum Gasteiger partial charge on any atom is 0.254 e. The monoisotopic (exact) mass is 240 g/mol. The highest BCUT2D eigenvalue weighted by atomic mass is 16.5. The van der Waals surface area contributed by atoms with Crippen LogP contribution in [-0.4, -0.2) is 48.7 Å². The fourth-order valence-electron chi connectivity index (χ4n) is 2.82. The molecule has 2 rings (SSSR count). The van der Waals surface area contributed by atoms with Crippen molar-refractivity contribution in [1.82, 2.24) is 10.2 Å². The first-order valence-electron chi connectivity index (χ1n) is 6.82. The minimum absolute atomic E-state index is 0.172. The van der Waals surface area contributed by atoms with Crippen LogP contribution < -0.4 is 5.32 Å². The summed E-state index contributed by atoms with van der Waals surface area (Å²) in [7, 11) is 0. The molecule has 1 amide bonds. The van der Waals surface area contributed by atoms with E-state index >= 15 is 0 Å². The summed E-state index contributed by atoms with van der Waals surface area (Å²) in [4.78, 5) is 14.4. The smallest absolute Gasteiger partial charge is 0.254 e. The van der Waals surface area contributed by atoms with Crippen molar-refractivity contribution in [2.24, 2.45) is 0 Å². The number of ether oxygens (including phenoxy) is 1. The van der Waals surface area contributed by atoms with Crippen molar-refractivity contribution < 1.29 is 9.53 Å². The molecule has 0 spiro atoms. The Hall–Kier alpha value is -0.610. The van der Waals surface area contributed by atoms with Gasteiger partial charge in [-0.1, -0.05) is 0 Å². The summed E-state index contributed by atoms with van der Waals surface area (Å²) >= 11 is 0. The number of nitrogens with one attached hydrogen (secondary N) is 1. The summed E-state index contributed by atoms with van der Waals surface area (Å²) in [6.07, 6.45) is 4.27. The van der Waals surface area contributed by atoms with Gasteiger partial charge in [0.2, 0.25) is 0 Å². The molecule has 0 aromatic rings. The van der Waals surface area contributed by atoms with Crippen LogP contribution in [0.15, 0.2) is 0 Å². The van der Waals surface area contributed by atoms with Gasteiger partial charge >= 0.3 is 0 Å². The molecular weight excluding hydrogens is 216 g/mol. The first-order chi connectivity index (χ1) is 8.15. The molecule has 2 unspecified atom stereocenters. The third kappa shape index (κ3) is 2.80. The lowest BCUT2D eigenvalue weighted by Crippen LogP contribution is -2.50. The van der Waals surface area contributed by atoms with Crippen LogP contribution >= 0.6 is 0 Å². The average Bonchev–Trinajstić information content (AvgIpc) is 2.97. The molecule has 98 valence electrons. The van der Waals surface area contributed by atoms with E-state index in [-0.39, 0.29) is 5.91 Å². The van der Waals surface area contributed by atoms with Gasteiger partial charge in [-0.2, -0.15) is 0 Å². The van der Waals surface area contributed by atoms with Crippen molar-refractivity contribution in [3.05, 3.63) is 0 Å². The zero-order chi connectivity index (χ0) is 12.3. The van der Waals surface area contributed by atoms with Crippen molar-refractivity contribution >= 4 is 5.91 Å². The van der Waals surface area contributed by atoms with E-state index in [9.17, 15) is 4.79 Å². The third-order valence-corrected chi connectivity index (χ3v) is 3.94. The first kappa shape index (κ1) is 12.8. The maximum atomic E-state index is 12.5. The molecule has 4 heteroatoms. The van der Waals surface area contributed by atoms with Crippen molar-refractivity contribution in [3.63, 3.8) is 0 Å². The Morgan fingerprint density at radius 2 is 2.35 bits per heavy atom. The second-order valence-electron chi connectivity index (χ2n) is 5.32. The minimum atomic E-state index is -0.561. The Morgan fingerprint density at radius 1 is 1.53 bits per heavy atom. The topological polar surface area (TPSA) is 41.6 Å². The highest BCUT2D eigenvalue weighted by Gasteiger charge is 2.40. The lowest BCUT2D eigenvalue weighted by atomic mass is 10.0. The van der Waals surface area contributed by atoms with Crippen molar-refractivity contribution in [3.8, 4) is 0 Å². The molecular formula is C13H24N2O2. The lowest BCUT2D eigenvalue weighted by Gasteiger charge is -2.32. The van der Waals surface area contributed by atoms with E-state index in [0.717, 1.165) is 39.1 Å². The fourth-order valence-corrected chi connectivity index (χ4v) is 2.82. The van der Waals surface area contributed by atoms with Gasteiger partial charge < -0.3 is 15.0 Å². The van der Waals surface area contributed by atoms with Crippen molar-refractivity contribution in [2.75, 3.05) is 26.2 Å². The van der Waals surface area contributed by atoms with Gasteiger partial charge in [0.1, 0.15) is 5.60 Å². The minimum Gasteiger partial charge on any atom is -0.365 e. The van der Waals surface area contributed by atoms with Gasteiger partial charge in [-0.3, -0.25) is 4.79 Å². The number of carbonyl (C=O) groups excluding carboxylic acids is 1. The predicted octanol–water partition coefficient (Wildman–Crippen LogP) is 1.16. The van der Waals surface area contributed by atoms with Gasteiger partial charge in [-0.25, -0.2) is 0 Å². The molecule has 2 atom stereocenters. The Kier molecular flexibility index (Phi) is 4.05. The molecule has 0 radical (unpaired) electrons. The zero-order valence-electron chi connectivity index (χ0n) is 11.0. The maximum absolute atomic E-state index is 12.5. The molecule has 2 aliphatic heterocycles. The van der Waals surface area contributed by atoms with E-state index in [0.29, 0.717) is 6.04 Å². The van der Waals surface area contributed by atoms with E-state index in [4.69, 9.17) is 4.74 Å². The largest absolute Gasteiger partial charge is 0.365 e. The molecule has 0 aliphatic carbocycles. The van der Waals surface area contributed by atoms with Gasteiger partial charge in [-0.15, -0.1) is 0 Å². The number of rotatable bonds is 4. The number of carbonyl (C=O) groups is 1. The first-order valence-corrected chi connectivity index (χ1v) is 6.82. The van der Waals surface area contributed by atoms with E-state index < -0.39 is 5.60 Å². The fraction of sp³-hybridized carbons (Fsp3) is 0.923. The summed E-state index contributed by atoms with van der Waals surface area (Å²) in [6, 6.07) is 0.476. The lowest BCUT2D eigenvalue weighted by molar-refractivity contribution is -0.151. The van der Waals surface area contributed by atoms with Gasteiger partial charge in [0.05, 0.1) is 0 Å². The molecule has 2 heterocycles. The van der Waals surface area contributed by atoms with Crippen LogP contribution in [0.2, 0.25) is 0 Å². The van der Waals surface area contributed by atoms with Crippen LogP contribution in [0.1, 0.15) is 39.5 Å². The Balaban J connectivity index is 1.94. The van der Waals surface area contributed by atoms with Crippen LogP contribution in [0.3, 0.4) is 0 Å². The summed E-state index contributed by atoms with van der Waals surface area (Å²) in [6.45, 7) is 7.40. The standard InChI is InChI=1S/C13H24N2O2/c1-3-15(10-11-6-4-8-14-11)12(16)13(2)7-5-9-17-13/h11,14H,3-10H2,1-2H3. The summed E-state index contributed by atoms with van der Waals surface area (Å²) < 4.78 is 5.64. The van der Waals surface area contributed by atoms with E-state index in [2.05, 4.69) is 5.32 Å². The van der Waals surface area contributed by atoms with Crippen LogP contribution in [0.25, 0.3) is 0 Å². The molecule has 17 heavy (non-hydrogen) atoms. The Labute approximate surface area is 104 Å². The number of hydrogen-bond donors (Lipinski definition) is 1. The number of likely N-dealkylation sites (N-methyl/N-ethyl adjacent to an activating group) is 1. The second-order valence-corrected chi connectivity index (χ2v) is 5.32. The molecule has 2 fully saturated rings. The van der Waals surface area contributed by atoms with Gasteiger partial charge in [-0.05, 0) is 46.1 Å². The molecule has 0 saturated carbocycles. The summed E-state index contributed by atoms with van der Waals surface area (Å²) in [5, 5.41) is 3.44. The van der Waals surface area contributed by atoms with Crippen LogP contribution in [0.5, 0.6) is 0 Å². The molecule has 4 nitrogen and oxygen atoms in total. The zero-order valence-corrected chi connectivity index (χ0v) is 11.0. The van der Waals surface area contributed by atoms with Crippen LogP contribution in [0, 0.1) is 0 Å². The number of hydrogen-bond acceptors (Lipinski definition) is 3.